The SMILES string of the molecule is O=C1NC(=S)N(c2cccc(Cl)c2)C(=O)/C1=C/c1cn(Cc2ccccc2)c2ccccc12. The van der Waals surface area contributed by atoms with E-state index in [1.165, 1.54) is 4.90 Å². The van der Waals surface area contributed by atoms with Crippen molar-refractivity contribution in [3.63, 3.8) is 0 Å². The maximum Gasteiger partial charge on any atom is 0.270 e. The van der Waals surface area contributed by atoms with Gasteiger partial charge in [-0.1, -0.05) is 66.2 Å². The highest BCUT2D eigenvalue weighted by Gasteiger charge is 2.34. The summed E-state index contributed by atoms with van der Waals surface area (Å²) in [6.07, 6.45) is 3.59. The Morgan fingerprint density at radius 1 is 0.939 bits per heavy atom. The van der Waals surface area contributed by atoms with Gasteiger partial charge in [0.05, 0.1) is 5.69 Å². The highest BCUT2D eigenvalue weighted by molar-refractivity contribution is 7.80. The van der Waals surface area contributed by atoms with Gasteiger partial charge in [-0.25, -0.2) is 0 Å². The Labute approximate surface area is 200 Å². The van der Waals surface area contributed by atoms with Crippen molar-refractivity contribution in [2.24, 2.45) is 0 Å². The van der Waals surface area contributed by atoms with Crippen LogP contribution in [0.3, 0.4) is 0 Å². The van der Waals surface area contributed by atoms with Crippen LogP contribution in [0.25, 0.3) is 17.0 Å². The number of carbonyl (C=O) groups excluding carboxylic acids is 2. The van der Waals surface area contributed by atoms with Crippen LogP contribution in [-0.4, -0.2) is 21.5 Å². The molecule has 1 saturated heterocycles. The maximum absolute atomic E-state index is 13.4. The maximum atomic E-state index is 13.4. The van der Waals surface area contributed by atoms with Crippen molar-refractivity contribution in [1.82, 2.24) is 9.88 Å². The summed E-state index contributed by atoms with van der Waals surface area (Å²) in [7, 11) is 0. The Kier molecular flexibility index (Phi) is 5.54. The molecule has 1 fully saturated rings. The third kappa shape index (κ3) is 4.06. The summed E-state index contributed by atoms with van der Waals surface area (Å²) in [6, 6.07) is 24.8. The molecule has 1 aliphatic rings. The number of thiocarbonyl (C=S) groups is 1. The first-order chi connectivity index (χ1) is 16.0. The van der Waals surface area contributed by atoms with E-state index in [0.717, 1.165) is 22.0 Å². The fraction of sp³-hybridized carbons (Fsp3) is 0.0385. The zero-order chi connectivity index (χ0) is 22.9. The van der Waals surface area contributed by atoms with Gasteiger partial charge in [0.1, 0.15) is 5.57 Å². The second kappa shape index (κ2) is 8.65. The molecule has 162 valence electrons. The fourth-order valence-electron chi connectivity index (χ4n) is 3.96. The van der Waals surface area contributed by atoms with Crippen LogP contribution < -0.4 is 10.2 Å². The largest absolute Gasteiger partial charge is 0.342 e. The second-order valence-corrected chi connectivity index (χ2v) is 8.48. The minimum Gasteiger partial charge on any atom is -0.342 e. The average Bonchev–Trinajstić information content (AvgIpc) is 3.14. The van der Waals surface area contributed by atoms with Crippen LogP contribution in [0.4, 0.5) is 5.69 Å². The summed E-state index contributed by atoms with van der Waals surface area (Å²) < 4.78 is 2.11. The van der Waals surface area contributed by atoms with Crippen molar-refractivity contribution in [1.29, 1.82) is 0 Å². The van der Waals surface area contributed by atoms with Crippen LogP contribution in [0.1, 0.15) is 11.1 Å². The standard InChI is InChI=1S/C26H18ClN3O2S/c27-19-9-6-10-20(14-19)30-25(32)22(24(31)28-26(30)33)13-18-16-29(15-17-7-2-1-3-8-17)23-12-5-4-11-21(18)23/h1-14,16H,15H2,(H,28,31,33)/b22-13+. The predicted octanol–water partition coefficient (Wildman–Crippen LogP) is 5.17. The van der Waals surface area contributed by atoms with E-state index in [9.17, 15) is 9.59 Å². The number of nitrogens with one attached hydrogen (secondary N) is 1. The summed E-state index contributed by atoms with van der Waals surface area (Å²) in [5, 5.41) is 4.06. The van der Waals surface area contributed by atoms with E-state index < -0.39 is 11.8 Å². The Balaban J connectivity index is 1.58. The first kappa shape index (κ1) is 21.1. The quantitative estimate of drug-likeness (QED) is 0.253. The van der Waals surface area contributed by atoms with Gasteiger partial charge in [0, 0.05) is 34.2 Å². The molecule has 0 unspecified atom stereocenters. The Bertz CT molecular complexity index is 1440. The van der Waals surface area contributed by atoms with Gasteiger partial charge in [-0.05, 0) is 48.1 Å². The first-order valence-corrected chi connectivity index (χ1v) is 11.1. The Morgan fingerprint density at radius 3 is 2.48 bits per heavy atom. The molecule has 0 radical (unpaired) electrons. The van der Waals surface area contributed by atoms with Gasteiger partial charge in [0.2, 0.25) is 0 Å². The number of hydrogen-bond donors (Lipinski definition) is 1. The lowest BCUT2D eigenvalue weighted by Gasteiger charge is -2.29. The van der Waals surface area contributed by atoms with E-state index in [0.29, 0.717) is 17.3 Å². The number of halogens is 1. The first-order valence-electron chi connectivity index (χ1n) is 10.3. The topological polar surface area (TPSA) is 54.3 Å². The number of nitrogens with zero attached hydrogens (tertiary/aromatic N) is 2. The van der Waals surface area contributed by atoms with Crippen molar-refractivity contribution in [2.75, 3.05) is 4.90 Å². The molecule has 0 saturated carbocycles. The number of benzene rings is 3. The number of carbonyl (C=O) groups is 2. The van der Waals surface area contributed by atoms with E-state index in [4.69, 9.17) is 23.8 Å². The summed E-state index contributed by atoms with van der Waals surface area (Å²) in [5.74, 6) is -1.02. The smallest absolute Gasteiger partial charge is 0.270 e. The predicted molar refractivity (Wildman–Crippen MR) is 135 cm³/mol. The molecule has 0 aliphatic carbocycles. The van der Waals surface area contributed by atoms with Crippen molar-refractivity contribution in [3.05, 3.63) is 107 Å². The van der Waals surface area contributed by atoms with Crippen LogP contribution >= 0.6 is 23.8 Å². The van der Waals surface area contributed by atoms with Gasteiger partial charge in [-0.2, -0.15) is 0 Å². The highest BCUT2D eigenvalue weighted by atomic mass is 35.5. The number of aromatic nitrogens is 1. The monoisotopic (exact) mass is 471 g/mol. The lowest BCUT2D eigenvalue weighted by atomic mass is 10.1. The van der Waals surface area contributed by atoms with E-state index in [1.807, 2.05) is 48.7 Å². The summed E-state index contributed by atoms with van der Waals surface area (Å²) in [6.45, 7) is 0.670. The van der Waals surface area contributed by atoms with E-state index >= 15 is 0 Å². The molecule has 1 aromatic heterocycles. The average molecular weight is 472 g/mol. The molecule has 2 amide bonds. The van der Waals surface area contributed by atoms with Crippen LogP contribution in [-0.2, 0) is 16.1 Å². The van der Waals surface area contributed by atoms with Gasteiger partial charge in [-0.15, -0.1) is 0 Å². The molecule has 1 aliphatic heterocycles. The normalized spacial score (nSPS) is 15.4. The zero-order valence-electron chi connectivity index (χ0n) is 17.4. The number of amides is 2. The molecular weight excluding hydrogens is 454 g/mol. The van der Waals surface area contributed by atoms with Gasteiger partial charge in [-0.3, -0.25) is 19.8 Å². The lowest BCUT2D eigenvalue weighted by molar-refractivity contribution is -0.122. The Hall–Kier alpha value is -3.74. The minimum absolute atomic E-state index is 0.00573. The van der Waals surface area contributed by atoms with Crippen LogP contribution in [0.2, 0.25) is 5.02 Å². The number of anilines is 1. The summed E-state index contributed by atoms with van der Waals surface area (Å²) in [5.41, 5.74) is 3.44. The molecule has 0 spiro atoms. The van der Waals surface area contributed by atoms with Crippen molar-refractivity contribution in [3.8, 4) is 0 Å². The summed E-state index contributed by atoms with van der Waals surface area (Å²) in [4.78, 5) is 27.4. The van der Waals surface area contributed by atoms with E-state index in [-0.39, 0.29) is 10.7 Å². The molecule has 33 heavy (non-hydrogen) atoms. The molecule has 1 N–H and O–H groups in total. The van der Waals surface area contributed by atoms with E-state index in [1.54, 1.807) is 30.3 Å². The number of rotatable bonds is 4. The molecule has 5 nitrogen and oxygen atoms in total. The number of fused-ring (bicyclic) bond motifs is 1. The molecule has 0 bridgehead atoms. The van der Waals surface area contributed by atoms with Crippen LogP contribution in [0.5, 0.6) is 0 Å². The van der Waals surface area contributed by atoms with Crippen LogP contribution in [0, 0.1) is 0 Å². The third-order valence-electron chi connectivity index (χ3n) is 5.48. The van der Waals surface area contributed by atoms with Crippen molar-refractivity contribution in [2.45, 2.75) is 6.54 Å². The third-order valence-corrected chi connectivity index (χ3v) is 6.00. The minimum atomic E-state index is -0.525. The van der Waals surface area contributed by atoms with Gasteiger partial charge >= 0.3 is 0 Å². The van der Waals surface area contributed by atoms with Gasteiger partial charge in [0.25, 0.3) is 11.8 Å². The number of hydrogen-bond acceptors (Lipinski definition) is 3. The number of para-hydroxylation sites is 1. The Morgan fingerprint density at radius 2 is 1.70 bits per heavy atom. The van der Waals surface area contributed by atoms with E-state index in [2.05, 4.69) is 22.0 Å². The van der Waals surface area contributed by atoms with Gasteiger partial charge < -0.3 is 4.57 Å². The molecule has 0 atom stereocenters. The zero-order valence-corrected chi connectivity index (χ0v) is 18.9. The van der Waals surface area contributed by atoms with Crippen LogP contribution in [0.15, 0.2) is 90.6 Å². The van der Waals surface area contributed by atoms with Gasteiger partial charge in [0.15, 0.2) is 5.11 Å². The molecule has 5 rings (SSSR count). The van der Waals surface area contributed by atoms with Crippen molar-refractivity contribution < 1.29 is 9.59 Å². The molecule has 3 aromatic carbocycles. The fourth-order valence-corrected chi connectivity index (χ4v) is 4.43. The van der Waals surface area contributed by atoms with Crippen molar-refractivity contribution >= 4 is 63.4 Å². The molecule has 4 aromatic rings. The highest BCUT2D eigenvalue weighted by Crippen LogP contribution is 2.28. The molecule has 2 heterocycles. The lowest BCUT2D eigenvalue weighted by Crippen LogP contribution is -2.54. The molecular formula is C26H18ClN3O2S. The summed E-state index contributed by atoms with van der Waals surface area (Å²) >= 11 is 11.4. The second-order valence-electron chi connectivity index (χ2n) is 7.65. The molecule has 7 heteroatoms.